The summed E-state index contributed by atoms with van der Waals surface area (Å²) in [7, 11) is 1.60. The number of fused-ring (bicyclic) bond motifs is 1. The molecule has 0 atom stereocenters. The number of benzene rings is 2. The Morgan fingerprint density at radius 1 is 1.23 bits per heavy atom. The van der Waals surface area contributed by atoms with Crippen molar-refractivity contribution < 1.29 is 14.3 Å². The van der Waals surface area contributed by atoms with Gasteiger partial charge >= 0.3 is 0 Å². The number of aromatic nitrogens is 1. The largest absolute Gasteiger partial charge is 0.493 e. The first-order chi connectivity index (χ1) is 15.1. The molecule has 2 aromatic carbocycles. The molecule has 1 fully saturated rings. The van der Waals surface area contributed by atoms with E-state index in [1.165, 1.54) is 28.1 Å². The normalized spacial score (nSPS) is 15.2. The van der Waals surface area contributed by atoms with Gasteiger partial charge in [0.05, 0.1) is 28.8 Å². The van der Waals surface area contributed by atoms with Crippen molar-refractivity contribution in [3.8, 4) is 11.5 Å². The number of nitrogens with one attached hydrogen (secondary N) is 1. The van der Waals surface area contributed by atoms with Crippen molar-refractivity contribution in [3.63, 3.8) is 0 Å². The summed E-state index contributed by atoms with van der Waals surface area (Å²) in [4.78, 5) is 18.0. The van der Waals surface area contributed by atoms with Gasteiger partial charge in [-0.2, -0.15) is 5.01 Å². The number of thioether (sulfide) groups is 1. The van der Waals surface area contributed by atoms with E-state index in [4.69, 9.17) is 21.7 Å². The van der Waals surface area contributed by atoms with Crippen molar-refractivity contribution in [1.29, 1.82) is 0 Å². The molecule has 3 aromatic rings. The van der Waals surface area contributed by atoms with Crippen molar-refractivity contribution >= 4 is 67.0 Å². The Morgan fingerprint density at radius 2 is 2.06 bits per heavy atom. The Hall–Kier alpha value is -2.62. The maximum atomic E-state index is 12.9. The van der Waals surface area contributed by atoms with Crippen LogP contribution in [-0.2, 0) is 4.79 Å². The molecule has 4 rings (SSSR count). The molecule has 6 nitrogen and oxygen atoms in total. The average Bonchev–Trinajstić information content (AvgIpc) is 3.30. The van der Waals surface area contributed by atoms with Crippen LogP contribution in [0.5, 0.6) is 11.5 Å². The Kier molecular flexibility index (Phi) is 6.74. The zero-order valence-corrected chi connectivity index (χ0v) is 19.5. The molecular weight excluding hydrogens is 450 g/mol. The van der Waals surface area contributed by atoms with Gasteiger partial charge in [0.2, 0.25) is 5.13 Å². The number of hydrogen-bond donors (Lipinski definition) is 1. The van der Waals surface area contributed by atoms with Crippen molar-refractivity contribution in [3.05, 3.63) is 52.9 Å². The van der Waals surface area contributed by atoms with Crippen LogP contribution >= 0.6 is 35.3 Å². The van der Waals surface area contributed by atoms with Gasteiger partial charge < -0.3 is 9.47 Å². The smallest absolute Gasteiger partial charge is 0.285 e. The van der Waals surface area contributed by atoms with E-state index in [1.54, 1.807) is 13.2 Å². The number of para-hydroxylation sites is 1. The van der Waals surface area contributed by atoms with E-state index in [0.717, 1.165) is 28.6 Å². The van der Waals surface area contributed by atoms with Gasteiger partial charge in [-0.1, -0.05) is 54.6 Å². The molecule has 0 aliphatic carbocycles. The van der Waals surface area contributed by atoms with E-state index in [9.17, 15) is 4.79 Å². The molecule has 0 bridgehead atoms. The number of hydrazine groups is 1. The first kappa shape index (κ1) is 21.6. The Bertz CT molecular complexity index is 1130. The van der Waals surface area contributed by atoms with Crippen LogP contribution in [0, 0.1) is 0 Å². The minimum absolute atomic E-state index is 0.212. The van der Waals surface area contributed by atoms with Gasteiger partial charge in [-0.25, -0.2) is 4.98 Å². The molecule has 1 aliphatic rings. The van der Waals surface area contributed by atoms with Gasteiger partial charge in [0.1, 0.15) is 0 Å². The fourth-order valence-corrected chi connectivity index (χ4v) is 4.98. The van der Waals surface area contributed by atoms with E-state index in [0.29, 0.717) is 32.5 Å². The summed E-state index contributed by atoms with van der Waals surface area (Å²) in [6.07, 6.45) is 3.85. The molecule has 9 heteroatoms. The maximum absolute atomic E-state index is 12.9. The molecule has 2 heterocycles. The molecule has 1 aliphatic heterocycles. The Morgan fingerprint density at radius 3 is 2.84 bits per heavy atom. The molecule has 1 amide bonds. The van der Waals surface area contributed by atoms with Crippen LogP contribution in [0.2, 0.25) is 0 Å². The van der Waals surface area contributed by atoms with Crippen molar-refractivity contribution in [2.24, 2.45) is 0 Å². The van der Waals surface area contributed by atoms with E-state index >= 15 is 0 Å². The molecule has 31 heavy (non-hydrogen) atoms. The van der Waals surface area contributed by atoms with Crippen molar-refractivity contribution in [1.82, 2.24) is 9.99 Å². The molecule has 1 aromatic heterocycles. The zero-order chi connectivity index (χ0) is 21.8. The lowest BCUT2D eigenvalue weighted by molar-refractivity contribution is -0.121. The quantitative estimate of drug-likeness (QED) is 0.256. The number of thiazole rings is 1. The van der Waals surface area contributed by atoms with E-state index < -0.39 is 0 Å². The molecular formula is C22H21N3O3S3. The highest BCUT2D eigenvalue weighted by molar-refractivity contribution is 8.26. The number of carbonyl (C=O) groups is 1. The lowest BCUT2D eigenvalue weighted by atomic mass is 10.2. The van der Waals surface area contributed by atoms with Crippen LogP contribution in [0.4, 0.5) is 5.13 Å². The van der Waals surface area contributed by atoms with Gasteiger partial charge in [0.25, 0.3) is 5.91 Å². The number of rotatable bonds is 8. The third-order valence-electron chi connectivity index (χ3n) is 4.54. The molecule has 0 radical (unpaired) electrons. The van der Waals surface area contributed by atoms with Crippen LogP contribution in [0.3, 0.4) is 0 Å². The molecule has 0 unspecified atom stereocenters. The van der Waals surface area contributed by atoms with Crippen LogP contribution in [-0.4, -0.2) is 33.9 Å². The minimum Gasteiger partial charge on any atom is -0.493 e. The average molecular weight is 472 g/mol. The lowest BCUT2D eigenvalue weighted by Crippen LogP contribution is -2.33. The summed E-state index contributed by atoms with van der Waals surface area (Å²) in [6.45, 7) is 2.76. The third kappa shape index (κ3) is 4.84. The number of unbranched alkanes of at least 4 members (excludes halogenated alkanes) is 1. The van der Waals surface area contributed by atoms with Crippen LogP contribution in [0.1, 0.15) is 25.3 Å². The number of anilines is 1. The monoisotopic (exact) mass is 471 g/mol. The van der Waals surface area contributed by atoms with Crippen LogP contribution in [0.15, 0.2) is 47.4 Å². The highest BCUT2D eigenvalue weighted by Crippen LogP contribution is 2.36. The number of thiocarbonyl (C=S) groups is 1. The highest BCUT2D eigenvalue weighted by atomic mass is 32.2. The summed E-state index contributed by atoms with van der Waals surface area (Å²) in [5.41, 5.74) is 4.76. The molecule has 1 saturated heterocycles. The van der Waals surface area contributed by atoms with E-state index in [1.807, 2.05) is 42.5 Å². The standard InChI is InChI=1S/C22H21N3O3S3/c1-3-4-11-28-16-10-9-14(12-17(16)27-2)13-19-20(26)25(22(29)31-19)24-21-23-15-7-5-6-8-18(15)30-21/h5-10,12-13H,3-4,11H2,1-2H3,(H,23,24). The Labute approximate surface area is 194 Å². The molecule has 0 spiro atoms. The van der Waals surface area contributed by atoms with E-state index in [2.05, 4.69) is 17.3 Å². The lowest BCUT2D eigenvalue weighted by Gasteiger charge is -2.14. The summed E-state index contributed by atoms with van der Waals surface area (Å²) in [5, 5.41) is 1.98. The number of amides is 1. The van der Waals surface area contributed by atoms with Crippen molar-refractivity contribution in [2.45, 2.75) is 19.8 Å². The predicted molar refractivity (Wildman–Crippen MR) is 132 cm³/mol. The van der Waals surface area contributed by atoms with Gasteiger partial charge in [-0.3, -0.25) is 10.2 Å². The van der Waals surface area contributed by atoms with E-state index in [-0.39, 0.29) is 5.91 Å². The highest BCUT2D eigenvalue weighted by Gasteiger charge is 2.33. The fraction of sp³-hybridized carbons (Fsp3) is 0.227. The predicted octanol–water partition coefficient (Wildman–Crippen LogP) is 5.71. The molecule has 1 N–H and O–H groups in total. The third-order valence-corrected chi connectivity index (χ3v) is 6.78. The SMILES string of the molecule is CCCCOc1ccc(C=C2SC(=S)N(Nc3nc4ccccc4s3)C2=O)cc1OC. The maximum Gasteiger partial charge on any atom is 0.285 e. The molecule has 160 valence electrons. The van der Waals surface area contributed by atoms with Gasteiger partial charge in [0, 0.05) is 0 Å². The van der Waals surface area contributed by atoms with Crippen molar-refractivity contribution in [2.75, 3.05) is 19.1 Å². The number of nitrogens with zero attached hydrogens (tertiary/aromatic N) is 2. The number of carbonyl (C=O) groups excluding carboxylic acids is 1. The summed E-state index contributed by atoms with van der Waals surface area (Å²) in [5.74, 6) is 1.11. The fourth-order valence-electron chi connectivity index (χ4n) is 2.95. The number of ether oxygens (including phenoxy) is 2. The zero-order valence-electron chi connectivity index (χ0n) is 17.1. The summed E-state index contributed by atoms with van der Waals surface area (Å²) >= 11 is 8.14. The summed E-state index contributed by atoms with van der Waals surface area (Å²) < 4.78 is 12.7. The minimum atomic E-state index is -0.212. The second-order valence-corrected chi connectivity index (χ2v) is 9.43. The van der Waals surface area contributed by atoms with Gasteiger partial charge in [0.15, 0.2) is 15.8 Å². The van der Waals surface area contributed by atoms with Crippen LogP contribution < -0.4 is 14.9 Å². The summed E-state index contributed by atoms with van der Waals surface area (Å²) in [6, 6.07) is 13.4. The topological polar surface area (TPSA) is 63.7 Å². The second-order valence-electron chi connectivity index (χ2n) is 6.73. The molecule has 0 saturated carbocycles. The van der Waals surface area contributed by atoms with Gasteiger partial charge in [-0.05, 0) is 54.5 Å². The first-order valence-corrected chi connectivity index (χ1v) is 11.8. The van der Waals surface area contributed by atoms with Gasteiger partial charge in [-0.15, -0.1) is 0 Å². The Balaban J connectivity index is 1.51. The first-order valence-electron chi connectivity index (χ1n) is 9.80. The number of hydrogen-bond acceptors (Lipinski definition) is 8. The second kappa shape index (κ2) is 9.67. The number of methoxy groups -OCH3 is 1. The van der Waals surface area contributed by atoms with Crippen LogP contribution in [0.25, 0.3) is 16.3 Å².